The summed E-state index contributed by atoms with van der Waals surface area (Å²) in [4.78, 5) is 24.8. The summed E-state index contributed by atoms with van der Waals surface area (Å²) in [5, 5.41) is 7.36. The van der Waals surface area contributed by atoms with Gasteiger partial charge in [-0.25, -0.2) is 4.68 Å². The van der Waals surface area contributed by atoms with Crippen LogP contribution in [0.4, 0.5) is 11.4 Å². The predicted molar refractivity (Wildman–Crippen MR) is 107 cm³/mol. The monoisotopic (exact) mass is 402 g/mol. The Bertz CT molecular complexity index is 1100. The molecule has 0 aliphatic rings. The minimum atomic E-state index is -0.560. The number of aromatic nitrogens is 2. The molecule has 2 aromatic heterocycles. The van der Waals surface area contributed by atoms with Crippen molar-refractivity contribution in [2.75, 3.05) is 18.2 Å². The SMILES string of the molecule is COc1ccc(Cl)cc1NC(=O)Cn1nc(-c2cc(C)oc2C)cc(N)c1=O. The van der Waals surface area contributed by atoms with E-state index < -0.39 is 11.5 Å². The molecule has 2 heterocycles. The van der Waals surface area contributed by atoms with Crippen LogP contribution in [-0.2, 0) is 11.3 Å². The Balaban J connectivity index is 1.90. The smallest absolute Gasteiger partial charge is 0.290 e. The first-order chi connectivity index (χ1) is 13.3. The van der Waals surface area contributed by atoms with Crippen LogP contribution >= 0.6 is 11.6 Å². The number of rotatable bonds is 5. The average Bonchev–Trinajstić information content (AvgIpc) is 2.97. The van der Waals surface area contributed by atoms with Crippen molar-refractivity contribution in [1.29, 1.82) is 0 Å². The summed E-state index contributed by atoms with van der Waals surface area (Å²) in [7, 11) is 1.48. The molecule has 1 aromatic carbocycles. The third kappa shape index (κ3) is 4.01. The van der Waals surface area contributed by atoms with Crippen LogP contribution in [0.1, 0.15) is 11.5 Å². The Morgan fingerprint density at radius 2 is 2.07 bits per heavy atom. The fraction of sp³-hybridized carbons (Fsp3) is 0.211. The number of anilines is 2. The van der Waals surface area contributed by atoms with Crippen LogP contribution in [-0.4, -0.2) is 22.8 Å². The number of hydrogen-bond donors (Lipinski definition) is 2. The number of nitrogens with two attached hydrogens (primary N) is 1. The largest absolute Gasteiger partial charge is 0.495 e. The first-order valence-electron chi connectivity index (χ1n) is 8.37. The normalized spacial score (nSPS) is 10.7. The Hall–Kier alpha value is -3.26. The Morgan fingerprint density at radius 3 is 2.71 bits per heavy atom. The molecular formula is C19H19ClN4O4. The molecule has 0 atom stereocenters. The first kappa shape index (κ1) is 19.5. The highest BCUT2D eigenvalue weighted by molar-refractivity contribution is 6.31. The number of amides is 1. The molecule has 0 fully saturated rings. The van der Waals surface area contributed by atoms with Crippen LogP contribution in [0.25, 0.3) is 11.3 Å². The zero-order chi connectivity index (χ0) is 20.4. The summed E-state index contributed by atoms with van der Waals surface area (Å²) in [6, 6.07) is 8.08. The Kier molecular flexibility index (Phi) is 5.41. The van der Waals surface area contributed by atoms with Crippen LogP contribution in [0.2, 0.25) is 5.02 Å². The third-order valence-electron chi connectivity index (χ3n) is 4.05. The van der Waals surface area contributed by atoms with Gasteiger partial charge in [0.1, 0.15) is 29.5 Å². The summed E-state index contributed by atoms with van der Waals surface area (Å²) in [5.41, 5.74) is 6.79. The zero-order valence-electron chi connectivity index (χ0n) is 15.6. The summed E-state index contributed by atoms with van der Waals surface area (Å²) in [6.45, 7) is 3.26. The van der Waals surface area contributed by atoms with E-state index in [0.29, 0.717) is 39.2 Å². The van der Waals surface area contributed by atoms with Gasteiger partial charge in [0, 0.05) is 10.6 Å². The van der Waals surface area contributed by atoms with E-state index >= 15 is 0 Å². The second-order valence-corrected chi connectivity index (χ2v) is 6.60. The number of halogens is 1. The minimum absolute atomic E-state index is 0.0172. The highest BCUT2D eigenvalue weighted by Crippen LogP contribution is 2.28. The molecular weight excluding hydrogens is 384 g/mol. The molecule has 8 nitrogen and oxygen atoms in total. The highest BCUT2D eigenvalue weighted by atomic mass is 35.5. The minimum Gasteiger partial charge on any atom is -0.495 e. The van der Waals surface area contributed by atoms with Gasteiger partial charge in [-0.05, 0) is 44.2 Å². The number of hydrogen-bond acceptors (Lipinski definition) is 6. The second kappa shape index (κ2) is 7.77. The van der Waals surface area contributed by atoms with Gasteiger partial charge in [0.15, 0.2) is 0 Å². The van der Waals surface area contributed by atoms with Crippen LogP contribution in [0.15, 0.2) is 39.5 Å². The lowest BCUT2D eigenvalue weighted by Gasteiger charge is -2.12. The lowest BCUT2D eigenvalue weighted by atomic mass is 10.1. The van der Waals surface area contributed by atoms with E-state index in [2.05, 4.69) is 10.4 Å². The topological polar surface area (TPSA) is 112 Å². The van der Waals surface area contributed by atoms with Gasteiger partial charge in [0.25, 0.3) is 5.56 Å². The molecule has 0 spiro atoms. The van der Waals surface area contributed by atoms with Crippen LogP contribution in [0.3, 0.4) is 0 Å². The fourth-order valence-corrected chi connectivity index (χ4v) is 2.96. The standard InChI is InChI=1S/C19H19ClN4O4/c1-10-6-13(11(2)28-10)15-8-14(21)19(26)24(23-15)9-18(25)22-16-7-12(20)4-5-17(16)27-3/h4-8H,9,21H2,1-3H3,(H,22,25). The maximum atomic E-state index is 12.5. The summed E-state index contributed by atoms with van der Waals surface area (Å²) >= 11 is 5.97. The molecule has 3 N–H and O–H groups in total. The second-order valence-electron chi connectivity index (χ2n) is 6.17. The van der Waals surface area contributed by atoms with Crippen LogP contribution < -0.4 is 21.3 Å². The van der Waals surface area contributed by atoms with Gasteiger partial charge in [0.05, 0.1) is 18.5 Å². The molecule has 0 bridgehead atoms. The van der Waals surface area contributed by atoms with E-state index in [0.717, 1.165) is 4.68 Å². The van der Waals surface area contributed by atoms with Crippen molar-refractivity contribution >= 4 is 28.9 Å². The number of ether oxygens (including phenoxy) is 1. The molecule has 146 valence electrons. The van der Waals surface area contributed by atoms with E-state index in [-0.39, 0.29) is 12.2 Å². The summed E-state index contributed by atoms with van der Waals surface area (Å²) in [5.74, 6) is 1.31. The van der Waals surface area contributed by atoms with Crippen molar-refractivity contribution in [1.82, 2.24) is 9.78 Å². The summed E-state index contributed by atoms with van der Waals surface area (Å²) in [6.07, 6.45) is 0. The number of aryl methyl sites for hydroxylation is 2. The molecule has 0 aliphatic heterocycles. The number of nitrogen functional groups attached to an aromatic ring is 1. The Labute approximate surface area is 165 Å². The van der Waals surface area contributed by atoms with Gasteiger partial charge in [-0.3, -0.25) is 9.59 Å². The van der Waals surface area contributed by atoms with Gasteiger partial charge >= 0.3 is 0 Å². The van der Waals surface area contributed by atoms with Crippen molar-refractivity contribution in [3.05, 3.63) is 57.2 Å². The molecule has 0 saturated carbocycles. The number of furan rings is 1. The predicted octanol–water partition coefficient (Wildman–Crippen LogP) is 3.00. The van der Waals surface area contributed by atoms with Crippen LogP contribution in [0.5, 0.6) is 5.75 Å². The molecule has 1 amide bonds. The molecule has 3 aromatic rings. The van der Waals surface area contributed by atoms with Gasteiger partial charge in [-0.15, -0.1) is 0 Å². The molecule has 0 unspecified atom stereocenters. The number of methoxy groups -OCH3 is 1. The van der Waals surface area contributed by atoms with E-state index in [4.69, 9.17) is 26.5 Å². The number of nitrogens with zero attached hydrogens (tertiary/aromatic N) is 2. The number of nitrogens with one attached hydrogen (secondary N) is 1. The molecule has 9 heteroatoms. The fourth-order valence-electron chi connectivity index (χ4n) is 2.79. The van der Waals surface area contributed by atoms with E-state index in [1.54, 1.807) is 31.2 Å². The molecule has 3 rings (SSSR count). The molecule has 0 saturated heterocycles. The quantitative estimate of drug-likeness (QED) is 0.678. The maximum Gasteiger partial charge on any atom is 0.290 e. The van der Waals surface area contributed by atoms with Crippen molar-refractivity contribution in [3.8, 4) is 17.0 Å². The lowest BCUT2D eigenvalue weighted by molar-refractivity contribution is -0.117. The van der Waals surface area contributed by atoms with Gasteiger partial charge in [-0.1, -0.05) is 11.6 Å². The van der Waals surface area contributed by atoms with Crippen molar-refractivity contribution < 1.29 is 13.9 Å². The third-order valence-corrected chi connectivity index (χ3v) is 4.28. The van der Waals surface area contributed by atoms with Gasteiger partial charge in [0.2, 0.25) is 5.91 Å². The zero-order valence-corrected chi connectivity index (χ0v) is 16.3. The average molecular weight is 403 g/mol. The maximum absolute atomic E-state index is 12.5. The Morgan fingerprint density at radius 1 is 1.32 bits per heavy atom. The van der Waals surface area contributed by atoms with Gasteiger partial charge < -0.3 is 20.2 Å². The van der Waals surface area contributed by atoms with E-state index in [1.807, 2.05) is 6.92 Å². The number of carbonyl (C=O) groups excluding carboxylic acids is 1. The number of benzene rings is 1. The molecule has 0 radical (unpaired) electrons. The highest BCUT2D eigenvalue weighted by Gasteiger charge is 2.16. The van der Waals surface area contributed by atoms with Crippen LogP contribution in [0, 0.1) is 13.8 Å². The van der Waals surface area contributed by atoms with Crippen molar-refractivity contribution in [2.45, 2.75) is 20.4 Å². The lowest BCUT2D eigenvalue weighted by Crippen LogP contribution is -2.31. The van der Waals surface area contributed by atoms with E-state index in [1.165, 1.54) is 13.2 Å². The molecule has 28 heavy (non-hydrogen) atoms. The van der Waals surface area contributed by atoms with Crippen molar-refractivity contribution in [2.24, 2.45) is 0 Å². The van der Waals surface area contributed by atoms with Crippen molar-refractivity contribution in [3.63, 3.8) is 0 Å². The van der Waals surface area contributed by atoms with E-state index in [9.17, 15) is 9.59 Å². The first-order valence-corrected chi connectivity index (χ1v) is 8.74. The molecule has 0 aliphatic carbocycles. The number of carbonyl (C=O) groups is 1. The van der Waals surface area contributed by atoms with Gasteiger partial charge in [-0.2, -0.15) is 5.10 Å². The summed E-state index contributed by atoms with van der Waals surface area (Å²) < 4.78 is 11.7.